The highest BCUT2D eigenvalue weighted by atomic mass is 32.2. The third-order valence-corrected chi connectivity index (χ3v) is 4.59. The van der Waals surface area contributed by atoms with E-state index < -0.39 is 16.1 Å². The lowest BCUT2D eigenvalue weighted by Crippen LogP contribution is -2.21. The van der Waals surface area contributed by atoms with E-state index in [2.05, 4.69) is 14.4 Å². The summed E-state index contributed by atoms with van der Waals surface area (Å²) in [6, 6.07) is 0. The lowest BCUT2D eigenvalue weighted by atomic mass is 10.4. The standard InChI is InChI=1S/C9H16N8O3S3/c10-5(17-23(14,19)20)1-2-21-3-4-6(7(11)18)22-9(15-4)16-8(12)13/h1-3H2,(H2,10,17)(H2,11,18)(H2,14,19,20)(H4,12,13,15,16). The van der Waals surface area contributed by atoms with Gasteiger partial charge >= 0.3 is 10.2 Å². The molecule has 1 rings (SSSR count). The summed E-state index contributed by atoms with van der Waals surface area (Å²) in [5, 5.41) is 4.96. The van der Waals surface area contributed by atoms with Gasteiger partial charge in [-0.25, -0.2) is 10.1 Å². The van der Waals surface area contributed by atoms with Crippen molar-refractivity contribution < 1.29 is 13.2 Å². The van der Waals surface area contributed by atoms with Gasteiger partial charge in [0.05, 0.1) is 5.69 Å². The van der Waals surface area contributed by atoms with Crippen LogP contribution in [0.5, 0.6) is 0 Å². The number of thiazole rings is 1. The Labute approximate surface area is 140 Å². The molecule has 0 atom stereocenters. The third kappa shape index (κ3) is 7.27. The van der Waals surface area contributed by atoms with Gasteiger partial charge in [-0.1, -0.05) is 11.3 Å². The van der Waals surface area contributed by atoms with Crippen molar-refractivity contribution in [1.29, 1.82) is 0 Å². The van der Waals surface area contributed by atoms with Crippen LogP contribution >= 0.6 is 23.1 Å². The molecule has 0 spiro atoms. The SMILES string of the molecule is NC(=O)c1sc(N=C(N)N)nc1CSCCC(N)=NS(N)(=O)=O. The number of guanidine groups is 1. The number of nitrogens with two attached hydrogens (primary N) is 5. The summed E-state index contributed by atoms with van der Waals surface area (Å²) in [6.07, 6.45) is 0.206. The molecule has 128 valence electrons. The number of nitrogens with zero attached hydrogens (tertiary/aromatic N) is 3. The van der Waals surface area contributed by atoms with Gasteiger partial charge in [0.25, 0.3) is 5.91 Å². The van der Waals surface area contributed by atoms with Crippen LogP contribution in [0.3, 0.4) is 0 Å². The van der Waals surface area contributed by atoms with Crippen LogP contribution < -0.4 is 28.1 Å². The maximum absolute atomic E-state index is 11.4. The molecule has 10 N–H and O–H groups in total. The predicted octanol–water partition coefficient (Wildman–Crippen LogP) is -1.67. The van der Waals surface area contributed by atoms with Crippen LogP contribution in [-0.2, 0) is 16.0 Å². The first kappa shape index (κ1) is 19.1. The van der Waals surface area contributed by atoms with Gasteiger partial charge in [-0.2, -0.15) is 25.2 Å². The zero-order valence-electron chi connectivity index (χ0n) is 11.8. The van der Waals surface area contributed by atoms with Crippen LogP contribution in [0, 0.1) is 0 Å². The Morgan fingerprint density at radius 1 is 1.26 bits per heavy atom. The van der Waals surface area contributed by atoms with E-state index in [9.17, 15) is 13.2 Å². The van der Waals surface area contributed by atoms with Gasteiger partial charge in [0.1, 0.15) is 10.7 Å². The van der Waals surface area contributed by atoms with Crippen molar-refractivity contribution in [1.82, 2.24) is 4.98 Å². The summed E-state index contributed by atoms with van der Waals surface area (Å²) < 4.78 is 24.6. The van der Waals surface area contributed by atoms with Gasteiger partial charge in [0, 0.05) is 17.9 Å². The lowest BCUT2D eigenvalue weighted by molar-refractivity contribution is 0.100. The molecular weight excluding hydrogens is 364 g/mol. The van der Waals surface area contributed by atoms with E-state index in [1.807, 2.05) is 0 Å². The molecule has 1 aromatic heterocycles. The van der Waals surface area contributed by atoms with E-state index >= 15 is 0 Å². The Morgan fingerprint density at radius 3 is 2.43 bits per heavy atom. The quantitative estimate of drug-likeness (QED) is 0.199. The first-order chi connectivity index (χ1) is 10.6. The van der Waals surface area contributed by atoms with Crippen LogP contribution in [0.2, 0.25) is 0 Å². The second kappa shape index (κ2) is 8.09. The minimum atomic E-state index is -4.00. The van der Waals surface area contributed by atoms with E-state index in [1.54, 1.807) is 0 Å². The fourth-order valence-corrected chi connectivity index (χ4v) is 3.58. The molecule has 0 radical (unpaired) electrons. The number of aliphatic imine (C=N–C) groups is 1. The second-order valence-electron chi connectivity index (χ2n) is 4.07. The lowest BCUT2D eigenvalue weighted by Gasteiger charge is -2.01. The number of hydrogen-bond acceptors (Lipinski definition) is 7. The zero-order valence-corrected chi connectivity index (χ0v) is 14.2. The smallest absolute Gasteiger partial charge is 0.318 e. The first-order valence-corrected chi connectivity index (χ1v) is 9.40. The average Bonchev–Trinajstić information content (AvgIpc) is 2.74. The topological polar surface area (TPSA) is 219 Å². The highest BCUT2D eigenvalue weighted by molar-refractivity contribution is 7.98. The summed E-state index contributed by atoms with van der Waals surface area (Å²) in [5.41, 5.74) is 21.6. The van der Waals surface area contributed by atoms with Crippen LogP contribution in [0.25, 0.3) is 0 Å². The predicted molar refractivity (Wildman–Crippen MR) is 91.6 cm³/mol. The van der Waals surface area contributed by atoms with Gasteiger partial charge in [-0.3, -0.25) is 4.79 Å². The highest BCUT2D eigenvalue weighted by Crippen LogP contribution is 2.27. The van der Waals surface area contributed by atoms with Crippen molar-refractivity contribution in [3.05, 3.63) is 10.6 Å². The van der Waals surface area contributed by atoms with Gasteiger partial charge in [0.2, 0.25) is 5.13 Å². The highest BCUT2D eigenvalue weighted by Gasteiger charge is 2.15. The second-order valence-corrected chi connectivity index (χ2v) is 7.37. The van der Waals surface area contributed by atoms with Crippen molar-refractivity contribution in [2.75, 3.05) is 5.75 Å². The van der Waals surface area contributed by atoms with Crippen molar-refractivity contribution >= 4 is 56.1 Å². The summed E-state index contributed by atoms with van der Waals surface area (Å²) >= 11 is 2.33. The van der Waals surface area contributed by atoms with Gasteiger partial charge in [-0.15, -0.1) is 4.40 Å². The van der Waals surface area contributed by atoms with Crippen molar-refractivity contribution in [3.8, 4) is 0 Å². The fraction of sp³-hybridized carbons (Fsp3) is 0.333. The molecule has 0 aromatic carbocycles. The minimum absolute atomic E-state index is 0.102. The molecule has 0 unspecified atom stereocenters. The van der Waals surface area contributed by atoms with E-state index in [-0.39, 0.29) is 28.2 Å². The van der Waals surface area contributed by atoms with E-state index in [0.717, 1.165) is 11.3 Å². The maximum Gasteiger partial charge on any atom is 0.318 e. The average molecular weight is 380 g/mol. The molecule has 0 saturated carbocycles. The molecule has 11 nitrogen and oxygen atoms in total. The Morgan fingerprint density at radius 2 is 1.91 bits per heavy atom. The molecule has 0 bridgehead atoms. The number of thioether (sulfide) groups is 1. The molecule has 1 heterocycles. The minimum Gasteiger partial charge on any atom is -0.386 e. The fourth-order valence-electron chi connectivity index (χ4n) is 1.34. The molecule has 0 saturated heterocycles. The summed E-state index contributed by atoms with van der Waals surface area (Å²) in [7, 11) is -4.00. The molecule has 1 aromatic rings. The summed E-state index contributed by atoms with van der Waals surface area (Å²) in [6.45, 7) is 0. The van der Waals surface area contributed by atoms with Gasteiger partial charge < -0.3 is 22.9 Å². The largest absolute Gasteiger partial charge is 0.386 e. The van der Waals surface area contributed by atoms with E-state index in [0.29, 0.717) is 17.2 Å². The Balaban J connectivity index is 2.67. The van der Waals surface area contributed by atoms with Gasteiger partial charge in [0.15, 0.2) is 5.96 Å². The first-order valence-electron chi connectivity index (χ1n) is 5.92. The number of primary amides is 1. The van der Waals surface area contributed by atoms with Crippen LogP contribution in [0.4, 0.5) is 5.13 Å². The Hall–Kier alpha value is -1.90. The molecule has 0 aliphatic rings. The number of aromatic nitrogens is 1. The number of rotatable bonds is 8. The Bertz CT molecular complexity index is 735. The molecule has 14 heteroatoms. The molecule has 23 heavy (non-hydrogen) atoms. The summed E-state index contributed by atoms with van der Waals surface area (Å²) in [4.78, 5) is 19.5. The molecule has 0 aliphatic heterocycles. The van der Waals surface area contributed by atoms with Crippen molar-refractivity contribution in [2.45, 2.75) is 12.2 Å². The Kier molecular flexibility index (Phi) is 6.74. The number of hydrogen-bond donors (Lipinski definition) is 5. The third-order valence-electron chi connectivity index (χ3n) is 2.12. The van der Waals surface area contributed by atoms with Crippen LogP contribution in [-0.4, -0.2) is 36.9 Å². The van der Waals surface area contributed by atoms with Crippen molar-refractivity contribution in [2.24, 2.45) is 37.5 Å². The molecular formula is C9H16N8O3S3. The van der Waals surface area contributed by atoms with Gasteiger partial charge in [-0.05, 0) is 0 Å². The maximum atomic E-state index is 11.4. The van der Waals surface area contributed by atoms with Crippen molar-refractivity contribution in [3.63, 3.8) is 0 Å². The number of amidine groups is 1. The molecule has 0 fully saturated rings. The monoisotopic (exact) mass is 380 g/mol. The van der Waals surface area contributed by atoms with Crippen LogP contribution in [0.15, 0.2) is 9.39 Å². The normalized spacial score (nSPS) is 12.1. The summed E-state index contributed by atoms with van der Waals surface area (Å²) in [5.74, 6) is -0.128. The zero-order chi connectivity index (χ0) is 17.6. The number of carbonyl (C=O) groups excluding carboxylic acids is 1. The number of amides is 1. The number of carbonyl (C=O) groups is 1. The molecule has 1 amide bonds. The molecule has 0 aliphatic carbocycles. The van der Waals surface area contributed by atoms with Crippen LogP contribution in [0.1, 0.15) is 21.8 Å². The van der Waals surface area contributed by atoms with E-state index in [1.165, 1.54) is 11.8 Å². The van der Waals surface area contributed by atoms with E-state index in [4.69, 9.17) is 28.1 Å².